The molecule has 2 aliphatic carbocycles. The number of rotatable bonds is 3. The molecule has 1 amide bonds. The van der Waals surface area contributed by atoms with Crippen LogP contribution in [0.15, 0.2) is 4.99 Å². The van der Waals surface area contributed by atoms with Crippen molar-refractivity contribution < 1.29 is 4.79 Å². The number of hydrogen-bond donors (Lipinski definition) is 0. The molecule has 100 valence electrons. The van der Waals surface area contributed by atoms with Gasteiger partial charge in [0, 0.05) is 0 Å². The molecule has 2 fully saturated rings. The van der Waals surface area contributed by atoms with Gasteiger partial charge in [-0.3, -0.25) is 4.79 Å². The summed E-state index contributed by atoms with van der Waals surface area (Å²) < 4.78 is -0.299. The maximum atomic E-state index is 12.1. The van der Waals surface area contributed by atoms with E-state index < -0.39 is 0 Å². The second kappa shape index (κ2) is 4.36. The Balaban J connectivity index is 1.65. The standard InChI is InChI=1S/C15H23NOS/c1-9(2)15(3)14(17)16-13(18-15)8-12-7-10-4-5-11(12)6-10/h9-12H,4-8H2,1-3H3/t10-,11+,12-,15+/m1/s1. The quantitative estimate of drug-likeness (QED) is 0.774. The second-order valence-electron chi connectivity index (χ2n) is 6.81. The Morgan fingerprint density at radius 3 is 2.67 bits per heavy atom. The molecule has 0 aromatic rings. The van der Waals surface area contributed by atoms with Crippen LogP contribution in [0.2, 0.25) is 0 Å². The van der Waals surface area contributed by atoms with Gasteiger partial charge in [-0.05, 0) is 56.3 Å². The zero-order chi connectivity index (χ0) is 12.9. The molecular weight excluding hydrogens is 242 g/mol. The maximum Gasteiger partial charge on any atom is 0.263 e. The molecule has 3 rings (SSSR count). The van der Waals surface area contributed by atoms with Crippen LogP contribution in [0.3, 0.4) is 0 Å². The van der Waals surface area contributed by atoms with Crippen molar-refractivity contribution in [1.29, 1.82) is 0 Å². The lowest BCUT2D eigenvalue weighted by molar-refractivity contribution is -0.120. The van der Waals surface area contributed by atoms with Crippen molar-refractivity contribution >= 4 is 22.7 Å². The van der Waals surface area contributed by atoms with Gasteiger partial charge in [0.25, 0.3) is 5.91 Å². The minimum absolute atomic E-state index is 0.0978. The molecule has 0 spiro atoms. The summed E-state index contributed by atoms with van der Waals surface area (Å²) in [5.41, 5.74) is 0. The first kappa shape index (κ1) is 12.7. The van der Waals surface area contributed by atoms with Gasteiger partial charge in [-0.1, -0.05) is 32.0 Å². The molecule has 0 radical (unpaired) electrons. The summed E-state index contributed by atoms with van der Waals surface area (Å²) in [5.74, 6) is 3.19. The van der Waals surface area contributed by atoms with Gasteiger partial charge in [0.15, 0.2) is 0 Å². The molecule has 18 heavy (non-hydrogen) atoms. The first-order valence-corrected chi connectivity index (χ1v) is 8.11. The van der Waals surface area contributed by atoms with E-state index in [2.05, 4.69) is 25.8 Å². The normalized spacial score (nSPS) is 43.0. The Morgan fingerprint density at radius 1 is 1.39 bits per heavy atom. The van der Waals surface area contributed by atoms with E-state index in [1.807, 2.05) is 0 Å². The molecule has 3 aliphatic rings. The summed E-state index contributed by atoms with van der Waals surface area (Å²) in [4.78, 5) is 16.4. The molecule has 0 aromatic heterocycles. The van der Waals surface area contributed by atoms with Crippen LogP contribution >= 0.6 is 11.8 Å². The SMILES string of the molecule is CC(C)[C@]1(C)SC(C[C@H]2C[C@@H]3CC[C@H]2C3)=NC1=O. The molecule has 2 saturated carbocycles. The molecule has 1 heterocycles. The van der Waals surface area contributed by atoms with Crippen LogP contribution in [0.25, 0.3) is 0 Å². The molecule has 1 aliphatic heterocycles. The van der Waals surface area contributed by atoms with Crippen LogP contribution in [-0.2, 0) is 4.79 Å². The van der Waals surface area contributed by atoms with Gasteiger partial charge in [0.1, 0.15) is 4.75 Å². The summed E-state index contributed by atoms with van der Waals surface area (Å²) in [5, 5.41) is 1.12. The highest BCUT2D eigenvalue weighted by Crippen LogP contribution is 2.51. The van der Waals surface area contributed by atoms with Crippen molar-refractivity contribution in [3.63, 3.8) is 0 Å². The summed E-state index contributed by atoms with van der Waals surface area (Å²) in [6.07, 6.45) is 6.76. The van der Waals surface area contributed by atoms with E-state index in [4.69, 9.17) is 0 Å². The molecule has 3 heteroatoms. The second-order valence-corrected chi connectivity index (χ2v) is 8.34. The summed E-state index contributed by atoms with van der Waals surface area (Å²) in [6, 6.07) is 0. The van der Waals surface area contributed by atoms with Crippen molar-refractivity contribution in [2.24, 2.45) is 28.7 Å². The molecule has 0 saturated heterocycles. The summed E-state index contributed by atoms with van der Waals surface area (Å²) in [6.45, 7) is 6.31. The highest BCUT2D eigenvalue weighted by Gasteiger charge is 2.46. The number of amides is 1. The Bertz CT molecular complexity index is 403. The Labute approximate surface area is 114 Å². The van der Waals surface area contributed by atoms with Gasteiger partial charge in [-0.15, -0.1) is 0 Å². The first-order valence-electron chi connectivity index (χ1n) is 7.30. The molecule has 0 aromatic carbocycles. The van der Waals surface area contributed by atoms with Crippen LogP contribution in [0.1, 0.15) is 52.9 Å². The first-order chi connectivity index (χ1) is 8.49. The topological polar surface area (TPSA) is 29.4 Å². The number of carbonyl (C=O) groups excluding carboxylic acids is 1. The van der Waals surface area contributed by atoms with Crippen molar-refractivity contribution in [3.05, 3.63) is 0 Å². The van der Waals surface area contributed by atoms with Crippen molar-refractivity contribution in [1.82, 2.24) is 0 Å². The van der Waals surface area contributed by atoms with Crippen LogP contribution in [0.5, 0.6) is 0 Å². The summed E-state index contributed by atoms with van der Waals surface area (Å²) >= 11 is 1.74. The molecule has 0 N–H and O–H groups in total. The van der Waals surface area contributed by atoms with Gasteiger partial charge in [-0.2, -0.15) is 0 Å². The lowest BCUT2D eigenvalue weighted by atomic mass is 9.87. The fourth-order valence-electron chi connectivity index (χ4n) is 3.84. The Morgan fingerprint density at radius 2 is 2.17 bits per heavy atom. The van der Waals surface area contributed by atoms with Crippen LogP contribution in [-0.4, -0.2) is 15.7 Å². The van der Waals surface area contributed by atoms with Gasteiger partial charge >= 0.3 is 0 Å². The van der Waals surface area contributed by atoms with E-state index in [0.29, 0.717) is 5.92 Å². The van der Waals surface area contributed by atoms with E-state index in [1.54, 1.807) is 11.8 Å². The van der Waals surface area contributed by atoms with E-state index in [-0.39, 0.29) is 10.7 Å². The number of fused-ring (bicyclic) bond motifs is 2. The monoisotopic (exact) mass is 265 g/mol. The molecular formula is C15H23NOS. The smallest absolute Gasteiger partial charge is 0.263 e. The van der Waals surface area contributed by atoms with Crippen LogP contribution < -0.4 is 0 Å². The minimum atomic E-state index is -0.299. The third-order valence-corrected chi connectivity index (χ3v) is 6.97. The number of nitrogens with zero attached hydrogens (tertiary/aromatic N) is 1. The Kier molecular flexibility index (Phi) is 3.08. The van der Waals surface area contributed by atoms with Gasteiger partial charge in [-0.25, -0.2) is 4.99 Å². The van der Waals surface area contributed by atoms with E-state index in [0.717, 1.165) is 29.2 Å². The Hall–Kier alpha value is -0.310. The average molecular weight is 265 g/mol. The fraction of sp³-hybridized carbons (Fsp3) is 0.867. The lowest BCUT2D eigenvalue weighted by Crippen LogP contribution is -2.33. The van der Waals surface area contributed by atoms with Crippen molar-refractivity contribution in [2.45, 2.75) is 57.6 Å². The molecule has 0 unspecified atom stereocenters. The zero-order valence-corrected chi connectivity index (χ0v) is 12.4. The van der Waals surface area contributed by atoms with Crippen LogP contribution in [0, 0.1) is 23.7 Å². The average Bonchev–Trinajstić information content (AvgIpc) is 2.95. The lowest BCUT2D eigenvalue weighted by Gasteiger charge is -2.25. The van der Waals surface area contributed by atoms with Crippen LogP contribution in [0.4, 0.5) is 0 Å². The highest BCUT2D eigenvalue weighted by molar-refractivity contribution is 8.16. The van der Waals surface area contributed by atoms with E-state index >= 15 is 0 Å². The maximum absolute atomic E-state index is 12.1. The van der Waals surface area contributed by atoms with Gasteiger partial charge < -0.3 is 0 Å². The number of carbonyl (C=O) groups is 1. The zero-order valence-electron chi connectivity index (χ0n) is 11.6. The predicted octanol–water partition coefficient (Wildman–Crippen LogP) is 3.90. The molecule has 2 bridgehead atoms. The summed E-state index contributed by atoms with van der Waals surface area (Å²) in [7, 11) is 0. The number of thioether (sulfide) groups is 1. The third-order valence-electron chi connectivity index (χ3n) is 5.40. The minimum Gasteiger partial charge on any atom is -0.271 e. The highest BCUT2D eigenvalue weighted by atomic mass is 32.2. The fourth-order valence-corrected chi connectivity index (χ4v) is 5.12. The molecule has 2 nitrogen and oxygen atoms in total. The largest absolute Gasteiger partial charge is 0.271 e. The van der Waals surface area contributed by atoms with E-state index in [1.165, 1.54) is 25.7 Å². The number of aliphatic imine (C=N–C) groups is 1. The van der Waals surface area contributed by atoms with Gasteiger partial charge in [0.05, 0.1) is 5.04 Å². The predicted molar refractivity (Wildman–Crippen MR) is 76.8 cm³/mol. The van der Waals surface area contributed by atoms with E-state index in [9.17, 15) is 4.79 Å². The van der Waals surface area contributed by atoms with Gasteiger partial charge in [0.2, 0.25) is 0 Å². The molecule has 4 atom stereocenters. The van der Waals surface area contributed by atoms with Crippen molar-refractivity contribution in [3.8, 4) is 0 Å². The van der Waals surface area contributed by atoms with Crippen molar-refractivity contribution in [2.75, 3.05) is 0 Å². The number of hydrogen-bond acceptors (Lipinski definition) is 2. The third kappa shape index (κ3) is 1.95.